The largest absolute Gasteiger partial charge is 0.372 e. The van der Waals surface area contributed by atoms with E-state index in [1.807, 2.05) is 13.0 Å². The van der Waals surface area contributed by atoms with Gasteiger partial charge in [-0.3, -0.25) is 0 Å². The van der Waals surface area contributed by atoms with Crippen LogP contribution in [0.5, 0.6) is 0 Å². The maximum Gasteiger partial charge on any atom is 0.229 e. The molecule has 2 heterocycles. The van der Waals surface area contributed by atoms with Gasteiger partial charge in [0.2, 0.25) is 5.95 Å². The summed E-state index contributed by atoms with van der Waals surface area (Å²) in [6, 6.07) is 10.6. The highest BCUT2D eigenvalue weighted by molar-refractivity contribution is 5.60. The van der Waals surface area contributed by atoms with Gasteiger partial charge in [0.1, 0.15) is 5.82 Å². The maximum atomic E-state index is 4.61. The summed E-state index contributed by atoms with van der Waals surface area (Å²) in [4.78, 5) is 13.8. The van der Waals surface area contributed by atoms with E-state index in [9.17, 15) is 0 Å². The summed E-state index contributed by atoms with van der Waals surface area (Å²) in [5, 5.41) is 6.74. The van der Waals surface area contributed by atoms with Crippen molar-refractivity contribution >= 4 is 23.1 Å². The van der Waals surface area contributed by atoms with E-state index in [2.05, 4.69) is 75.7 Å². The Morgan fingerprint density at radius 2 is 1.82 bits per heavy atom. The molecule has 2 aromatic rings. The Morgan fingerprint density at radius 3 is 2.50 bits per heavy atom. The highest BCUT2D eigenvalue weighted by Crippen LogP contribution is 2.25. The number of piperidine rings is 1. The van der Waals surface area contributed by atoms with Crippen LogP contribution >= 0.6 is 0 Å². The lowest BCUT2D eigenvalue weighted by Gasteiger charge is -2.32. The van der Waals surface area contributed by atoms with Crippen LogP contribution in [0, 0.1) is 12.8 Å². The Morgan fingerprint density at radius 1 is 1.11 bits per heavy atom. The molecule has 0 spiro atoms. The standard InChI is InChI=1S/C22H34N6/c1-17-10-14-28(15-11-17)20-8-6-19(7-9-20)25-22-24-18(2)16-21(26-22)23-12-5-13-27(3)4/h6-9,16-17H,5,10-15H2,1-4H3,(H2,23,24,25,26). The van der Waals surface area contributed by atoms with E-state index in [1.165, 1.54) is 18.5 Å². The molecular formula is C22H34N6. The molecule has 0 atom stereocenters. The molecule has 0 unspecified atom stereocenters. The first-order chi connectivity index (χ1) is 13.5. The number of nitrogens with one attached hydrogen (secondary N) is 2. The zero-order valence-corrected chi connectivity index (χ0v) is 17.7. The van der Waals surface area contributed by atoms with Crippen LogP contribution in [0.4, 0.5) is 23.1 Å². The van der Waals surface area contributed by atoms with Gasteiger partial charge in [0.25, 0.3) is 0 Å². The van der Waals surface area contributed by atoms with Gasteiger partial charge in [-0.15, -0.1) is 0 Å². The highest BCUT2D eigenvalue weighted by atomic mass is 15.2. The molecular weight excluding hydrogens is 348 g/mol. The third kappa shape index (κ3) is 6.09. The Balaban J connectivity index is 1.58. The predicted molar refractivity (Wildman–Crippen MR) is 119 cm³/mol. The molecule has 0 bridgehead atoms. The number of aryl methyl sites for hydroxylation is 1. The summed E-state index contributed by atoms with van der Waals surface area (Å²) in [5.41, 5.74) is 3.26. The summed E-state index contributed by atoms with van der Waals surface area (Å²) in [7, 11) is 4.18. The van der Waals surface area contributed by atoms with Gasteiger partial charge in [-0.25, -0.2) is 4.98 Å². The second-order valence-corrected chi connectivity index (χ2v) is 8.14. The van der Waals surface area contributed by atoms with Gasteiger partial charge in [-0.2, -0.15) is 4.98 Å². The van der Waals surface area contributed by atoms with Gasteiger partial charge in [-0.05, 0) is 77.0 Å². The van der Waals surface area contributed by atoms with Crippen LogP contribution in [-0.4, -0.2) is 55.1 Å². The lowest BCUT2D eigenvalue weighted by molar-refractivity contribution is 0.405. The van der Waals surface area contributed by atoms with Crippen LogP contribution in [0.1, 0.15) is 31.9 Å². The van der Waals surface area contributed by atoms with Crippen molar-refractivity contribution in [2.75, 3.05) is 55.8 Å². The molecule has 1 saturated heterocycles. The van der Waals surface area contributed by atoms with Gasteiger partial charge < -0.3 is 20.4 Å². The van der Waals surface area contributed by atoms with Gasteiger partial charge in [-0.1, -0.05) is 6.92 Å². The summed E-state index contributed by atoms with van der Waals surface area (Å²) in [5.74, 6) is 2.35. The molecule has 3 rings (SSSR count). The molecule has 1 aromatic carbocycles. The number of anilines is 4. The molecule has 0 aliphatic carbocycles. The van der Waals surface area contributed by atoms with Gasteiger partial charge in [0, 0.05) is 42.8 Å². The molecule has 1 aromatic heterocycles. The Labute approximate surface area is 169 Å². The van der Waals surface area contributed by atoms with Crippen molar-refractivity contribution in [3.63, 3.8) is 0 Å². The number of benzene rings is 1. The molecule has 1 aliphatic heterocycles. The minimum absolute atomic E-state index is 0.634. The van der Waals surface area contributed by atoms with Crippen molar-refractivity contribution < 1.29 is 0 Å². The van der Waals surface area contributed by atoms with E-state index in [1.54, 1.807) is 0 Å². The van der Waals surface area contributed by atoms with E-state index in [4.69, 9.17) is 0 Å². The van der Waals surface area contributed by atoms with Crippen LogP contribution in [0.3, 0.4) is 0 Å². The maximum absolute atomic E-state index is 4.61. The number of hydrogen-bond donors (Lipinski definition) is 2. The van der Waals surface area contributed by atoms with Gasteiger partial charge in [0.15, 0.2) is 0 Å². The van der Waals surface area contributed by atoms with Crippen molar-refractivity contribution in [2.24, 2.45) is 5.92 Å². The molecule has 1 fully saturated rings. The first kappa shape index (κ1) is 20.4. The quantitative estimate of drug-likeness (QED) is 0.670. The number of aromatic nitrogens is 2. The third-order valence-corrected chi connectivity index (χ3v) is 5.21. The molecule has 0 radical (unpaired) electrons. The van der Waals surface area contributed by atoms with E-state index in [0.717, 1.165) is 55.7 Å². The minimum Gasteiger partial charge on any atom is -0.372 e. The average molecular weight is 383 g/mol. The molecule has 0 amide bonds. The van der Waals surface area contributed by atoms with E-state index < -0.39 is 0 Å². The molecule has 1 aliphatic rings. The molecule has 6 heteroatoms. The van der Waals surface area contributed by atoms with Crippen molar-refractivity contribution in [1.29, 1.82) is 0 Å². The van der Waals surface area contributed by atoms with Crippen molar-refractivity contribution in [3.05, 3.63) is 36.0 Å². The smallest absolute Gasteiger partial charge is 0.229 e. The molecule has 2 N–H and O–H groups in total. The second-order valence-electron chi connectivity index (χ2n) is 8.14. The Bertz CT molecular complexity index is 735. The fraction of sp³-hybridized carbons (Fsp3) is 0.545. The van der Waals surface area contributed by atoms with Crippen LogP contribution in [0.2, 0.25) is 0 Å². The molecule has 6 nitrogen and oxygen atoms in total. The normalized spacial score (nSPS) is 15.1. The zero-order valence-electron chi connectivity index (χ0n) is 17.7. The monoisotopic (exact) mass is 382 g/mol. The summed E-state index contributed by atoms with van der Waals surface area (Å²) < 4.78 is 0. The minimum atomic E-state index is 0.634. The third-order valence-electron chi connectivity index (χ3n) is 5.21. The Hall–Kier alpha value is -2.34. The molecule has 28 heavy (non-hydrogen) atoms. The van der Waals surface area contributed by atoms with E-state index in [0.29, 0.717) is 5.95 Å². The molecule has 152 valence electrons. The number of rotatable bonds is 8. The first-order valence-electron chi connectivity index (χ1n) is 10.4. The Kier molecular flexibility index (Phi) is 7.09. The lowest BCUT2D eigenvalue weighted by Crippen LogP contribution is -2.32. The van der Waals surface area contributed by atoms with E-state index in [-0.39, 0.29) is 0 Å². The average Bonchev–Trinajstić information content (AvgIpc) is 2.66. The SMILES string of the molecule is Cc1cc(NCCCN(C)C)nc(Nc2ccc(N3CCC(C)CC3)cc2)n1. The fourth-order valence-corrected chi connectivity index (χ4v) is 3.48. The highest BCUT2D eigenvalue weighted by Gasteiger charge is 2.15. The number of nitrogens with zero attached hydrogens (tertiary/aromatic N) is 4. The summed E-state index contributed by atoms with van der Waals surface area (Å²) >= 11 is 0. The lowest BCUT2D eigenvalue weighted by atomic mass is 9.99. The van der Waals surface area contributed by atoms with Crippen LogP contribution in [0.15, 0.2) is 30.3 Å². The summed E-state index contributed by atoms with van der Waals surface area (Å²) in [6.07, 6.45) is 3.64. The second kappa shape index (κ2) is 9.73. The zero-order chi connectivity index (χ0) is 19.9. The van der Waals surface area contributed by atoms with E-state index >= 15 is 0 Å². The number of hydrogen-bond acceptors (Lipinski definition) is 6. The first-order valence-corrected chi connectivity index (χ1v) is 10.4. The van der Waals surface area contributed by atoms with Crippen molar-refractivity contribution in [3.8, 4) is 0 Å². The topological polar surface area (TPSA) is 56.3 Å². The van der Waals surface area contributed by atoms with Gasteiger partial charge >= 0.3 is 0 Å². The fourth-order valence-electron chi connectivity index (χ4n) is 3.48. The van der Waals surface area contributed by atoms with Crippen molar-refractivity contribution in [1.82, 2.24) is 14.9 Å². The van der Waals surface area contributed by atoms with Crippen LogP contribution in [-0.2, 0) is 0 Å². The van der Waals surface area contributed by atoms with Crippen LogP contribution in [0.25, 0.3) is 0 Å². The van der Waals surface area contributed by atoms with Crippen molar-refractivity contribution in [2.45, 2.75) is 33.1 Å². The molecule has 0 saturated carbocycles. The van der Waals surface area contributed by atoms with Crippen LogP contribution < -0.4 is 15.5 Å². The predicted octanol–water partition coefficient (Wildman–Crippen LogP) is 4.13. The van der Waals surface area contributed by atoms with Gasteiger partial charge in [0.05, 0.1) is 0 Å². The summed E-state index contributed by atoms with van der Waals surface area (Å²) in [6.45, 7) is 8.60.